The maximum atomic E-state index is 12.4. The van der Waals surface area contributed by atoms with Crippen LogP contribution in [0.1, 0.15) is 55.6 Å². The lowest BCUT2D eigenvalue weighted by molar-refractivity contribution is 0.0933. The second-order valence-electron chi connectivity index (χ2n) is 6.07. The number of piperidine rings is 1. The third-order valence-corrected chi connectivity index (χ3v) is 5.90. The number of nitrogens with zero attached hydrogens (tertiary/aromatic N) is 3. The van der Waals surface area contributed by atoms with Crippen LogP contribution in [-0.4, -0.2) is 51.0 Å². The fourth-order valence-electron chi connectivity index (χ4n) is 3.38. The highest BCUT2D eigenvalue weighted by Gasteiger charge is 2.29. The first-order valence-electron chi connectivity index (χ1n) is 8.33. The number of rotatable bonds is 5. The molecule has 2 N–H and O–H groups in total. The number of hydrogen-bond donors (Lipinski definition) is 2. The molecule has 3 rings (SSSR count). The fourth-order valence-corrected chi connectivity index (χ4v) is 4.58. The van der Waals surface area contributed by atoms with Crippen LogP contribution >= 0.6 is 11.8 Å². The van der Waals surface area contributed by atoms with Crippen molar-refractivity contribution in [3.63, 3.8) is 0 Å². The molecular formula is C15H25N5OS. The molecule has 1 saturated heterocycles. The standard InChI is InChI=1S/C15H25N5OS/c1-2-22-14-5-3-4-12(14)17-15(21)13-10-20(19-18-13)11-6-8-16-9-7-11/h10-12,14,16H,2-9H2,1H3,(H,17,21). The highest BCUT2D eigenvalue weighted by Crippen LogP contribution is 2.30. The molecule has 1 saturated carbocycles. The van der Waals surface area contributed by atoms with Gasteiger partial charge in [0.25, 0.3) is 5.91 Å². The third-order valence-electron chi connectivity index (χ3n) is 4.58. The van der Waals surface area contributed by atoms with E-state index in [4.69, 9.17) is 0 Å². The van der Waals surface area contributed by atoms with Gasteiger partial charge in [0.15, 0.2) is 5.69 Å². The number of nitrogens with one attached hydrogen (secondary N) is 2. The monoisotopic (exact) mass is 323 g/mol. The van der Waals surface area contributed by atoms with Crippen LogP contribution in [0.25, 0.3) is 0 Å². The predicted molar refractivity (Wildman–Crippen MR) is 88.2 cm³/mol. The molecule has 6 nitrogen and oxygen atoms in total. The molecule has 1 aromatic heterocycles. The van der Waals surface area contributed by atoms with Crippen LogP contribution < -0.4 is 10.6 Å². The minimum absolute atomic E-state index is 0.0752. The zero-order chi connectivity index (χ0) is 15.4. The van der Waals surface area contributed by atoms with Crippen molar-refractivity contribution < 1.29 is 4.79 Å². The van der Waals surface area contributed by atoms with Gasteiger partial charge in [0.05, 0.1) is 12.2 Å². The first-order chi connectivity index (χ1) is 10.8. The molecular weight excluding hydrogens is 298 g/mol. The number of carbonyl (C=O) groups is 1. The molecule has 1 amide bonds. The summed E-state index contributed by atoms with van der Waals surface area (Å²) in [5.74, 6) is 1.02. The van der Waals surface area contributed by atoms with E-state index < -0.39 is 0 Å². The van der Waals surface area contributed by atoms with Crippen LogP contribution in [0, 0.1) is 0 Å². The molecule has 2 atom stereocenters. The summed E-state index contributed by atoms with van der Waals surface area (Å²) in [6, 6.07) is 0.645. The van der Waals surface area contributed by atoms with Crippen LogP contribution in [0.2, 0.25) is 0 Å². The molecule has 2 aliphatic rings. The Bertz CT molecular complexity index is 500. The van der Waals surface area contributed by atoms with Crippen molar-refractivity contribution in [2.45, 2.75) is 56.4 Å². The largest absolute Gasteiger partial charge is 0.347 e. The summed E-state index contributed by atoms with van der Waals surface area (Å²) in [5.41, 5.74) is 0.450. The van der Waals surface area contributed by atoms with E-state index in [0.29, 0.717) is 17.0 Å². The molecule has 2 unspecified atom stereocenters. The Morgan fingerprint density at radius 3 is 3.00 bits per heavy atom. The molecule has 122 valence electrons. The molecule has 22 heavy (non-hydrogen) atoms. The maximum Gasteiger partial charge on any atom is 0.273 e. The van der Waals surface area contributed by atoms with Gasteiger partial charge in [0, 0.05) is 11.3 Å². The molecule has 0 bridgehead atoms. The normalized spacial score (nSPS) is 26.2. The topological polar surface area (TPSA) is 71.8 Å². The van der Waals surface area contributed by atoms with Gasteiger partial charge in [0.1, 0.15) is 0 Å². The Balaban J connectivity index is 1.59. The quantitative estimate of drug-likeness (QED) is 0.861. The summed E-state index contributed by atoms with van der Waals surface area (Å²) < 4.78 is 1.86. The Morgan fingerprint density at radius 2 is 2.23 bits per heavy atom. The van der Waals surface area contributed by atoms with Crippen molar-refractivity contribution in [3.8, 4) is 0 Å². The lowest BCUT2D eigenvalue weighted by atomic mass is 10.1. The third kappa shape index (κ3) is 3.63. The molecule has 2 fully saturated rings. The van der Waals surface area contributed by atoms with Crippen molar-refractivity contribution in [1.29, 1.82) is 0 Å². The number of hydrogen-bond acceptors (Lipinski definition) is 5. The molecule has 1 aromatic rings. The second-order valence-corrected chi connectivity index (χ2v) is 7.59. The van der Waals surface area contributed by atoms with E-state index in [-0.39, 0.29) is 11.9 Å². The van der Waals surface area contributed by atoms with Gasteiger partial charge in [-0.1, -0.05) is 18.6 Å². The van der Waals surface area contributed by atoms with E-state index in [1.165, 1.54) is 12.8 Å². The van der Waals surface area contributed by atoms with Gasteiger partial charge < -0.3 is 10.6 Å². The number of aromatic nitrogens is 3. The minimum Gasteiger partial charge on any atom is -0.347 e. The van der Waals surface area contributed by atoms with Crippen molar-refractivity contribution in [2.24, 2.45) is 0 Å². The Morgan fingerprint density at radius 1 is 1.41 bits per heavy atom. The van der Waals surface area contributed by atoms with Crippen LogP contribution in [0.15, 0.2) is 6.20 Å². The number of carbonyl (C=O) groups excluding carboxylic acids is 1. The summed E-state index contributed by atoms with van der Waals surface area (Å²) in [6.45, 7) is 4.18. The maximum absolute atomic E-state index is 12.4. The average Bonchev–Trinajstić information content (AvgIpc) is 3.19. The van der Waals surface area contributed by atoms with Crippen LogP contribution in [0.3, 0.4) is 0 Å². The van der Waals surface area contributed by atoms with Crippen molar-refractivity contribution in [3.05, 3.63) is 11.9 Å². The molecule has 7 heteroatoms. The Hall–Kier alpha value is -1.08. The van der Waals surface area contributed by atoms with Gasteiger partial charge in [-0.15, -0.1) is 5.10 Å². The first-order valence-corrected chi connectivity index (χ1v) is 9.38. The fraction of sp³-hybridized carbons (Fsp3) is 0.800. The van der Waals surface area contributed by atoms with Crippen LogP contribution in [-0.2, 0) is 0 Å². The second kappa shape index (κ2) is 7.46. The highest BCUT2D eigenvalue weighted by atomic mass is 32.2. The first kappa shape index (κ1) is 15.8. The van der Waals surface area contributed by atoms with E-state index in [0.717, 1.165) is 38.1 Å². The molecule has 1 aliphatic heterocycles. The van der Waals surface area contributed by atoms with E-state index in [9.17, 15) is 4.79 Å². The molecule has 0 aromatic carbocycles. The summed E-state index contributed by atoms with van der Waals surface area (Å²) >= 11 is 1.95. The SMILES string of the molecule is CCSC1CCCC1NC(=O)c1cn(C2CCNCC2)nn1. The van der Waals surface area contributed by atoms with E-state index in [1.54, 1.807) is 0 Å². The lowest BCUT2D eigenvalue weighted by Crippen LogP contribution is -2.39. The van der Waals surface area contributed by atoms with Gasteiger partial charge in [-0.05, 0) is 44.5 Å². The highest BCUT2D eigenvalue weighted by molar-refractivity contribution is 7.99. The summed E-state index contributed by atoms with van der Waals surface area (Å²) in [5, 5.41) is 15.3. The predicted octanol–water partition coefficient (Wildman–Crippen LogP) is 1.61. The van der Waals surface area contributed by atoms with Crippen molar-refractivity contribution in [2.75, 3.05) is 18.8 Å². The van der Waals surface area contributed by atoms with E-state index in [1.807, 2.05) is 22.6 Å². The van der Waals surface area contributed by atoms with Crippen LogP contribution in [0.5, 0.6) is 0 Å². The zero-order valence-corrected chi connectivity index (χ0v) is 13.9. The smallest absolute Gasteiger partial charge is 0.273 e. The lowest BCUT2D eigenvalue weighted by Gasteiger charge is -2.22. The number of amides is 1. The van der Waals surface area contributed by atoms with E-state index in [2.05, 4.69) is 27.9 Å². The van der Waals surface area contributed by atoms with Gasteiger partial charge in [-0.3, -0.25) is 4.79 Å². The number of thioether (sulfide) groups is 1. The van der Waals surface area contributed by atoms with Crippen molar-refractivity contribution >= 4 is 17.7 Å². The Labute approximate surface area is 135 Å². The molecule has 0 spiro atoms. The summed E-state index contributed by atoms with van der Waals surface area (Å²) in [7, 11) is 0. The molecule has 0 radical (unpaired) electrons. The average molecular weight is 323 g/mol. The van der Waals surface area contributed by atoms with Gasteiger partial charge in [-0.25, -0.2) is 4.68 Å². The molecule has 1 aliphatic carbocycles. The zero-order valence-electron chi connectivity index (χ0n) is 13.1. The van der Waals surface area contributed by atoms with Crippen LogP contribution in [0.4, 0.5) is 0 Å². The van der Waals surface area contributed by atoms with E-state index >= 15 is 0 Å². The summed E-state index contributed by atoms with van der Waals surface area (Å²) in [6.07, 6.45) is 7.37. The summed E-state index contributed by atoms with van der Waals surface area (Å²) in [4.78, 5) is 12.4. The van der Waals surface area contributed by atoms with Gasteiger partial charge >= 0.3 is 0 Å². The van der Waals surface area contributed by atoms with Gasteiger partial charge in [0.2, 0.25) is 0 Å². The van der Waals surface area contributed by atoms with Gasteiger partial charge in [-0.2, -0.15) is 11.8 Å². The molecule has 2 heterocycles. The van der Waals surface area contributed by atoms with Crippen molar-refractivity contribution in [1.82, 2.24) is 25.6 Å². The Kier molecular flexibility index (Phi) is 5.36. The minimum atomic E-state index is -0.0752.